The van der Waals surface area contributed by atoms with Crippen molar-refractivity contribution in [3.63, 3.8) is 0 Å². The van der Waals surface area contributed by atoms with Crippen LogP contribution in [0.4, 0.5) is 0 Å². The van der Waals surface area contributed by atoms with Gasteiger partial charge in [-0.25, -0.2) is 0 Å². The molecule has 3 N–H and O–H groups in total. The van der Waals surface area contributed by atoms with Crippen molar-refractivity contribution >= 4 is 16.8 Å². The second-order valence-corrected chi connectivity index (χ2v) is 6.20. The highest BCUT2D eigenvalue weighted by Crippen LogP contribution is 2.31. The van der Waals surface area contributed by atoms with Gasteiger partial charge in [-0.2, -0.15) is 0 Å². The van der Waals surface area contributed by atoms with Gasteiger partial charge in [0.2, 0.25) is 5.91 Å². The molecule has 0 bridgehead atoms. The van der Waals surface area contributed by atoms with Crippen molar-refractivity contribution in [3.8, 4) is 5.75 Å². The Balaban J connectivity index is 1.89. The van der Waals surface area contributed by atoms with E-state index < -0.39 is 0 Å². The molecule has 1 unspecified atom stereocenters. The number of para-hydroxylation sites is 1. The summed E-state index contributed by atoms with van der Waals surface area (Å²) in [6.07, 6.45) is 2.04. The van der Waals surface area contributed by atoms with Gasteiger partial charge in [0.05, 0.1) is 13.7 Å². The molecule has 1 aromatic heterocycles. The third-order valence-corrected chi connectivity index (χ3v) is 4.55. The van der Waals surface area contributed by atoms with Gasteiger partial charge < -0.3 is 20.4 Å². The second kappa shape index (κ2) is 8.54. The van der Waals surface area contributed by atoms with Gasteiger partial charge in [0.15, 0.2) is 0 Å². The summed E-state index contributed by atoms with van der Waals surface area (Å²) < 4.78 is 5.27. The Labute approximate surface area is 153 Å². The molecule has 136 valence electrons. The van der Waals surface area contributed by atoms with Crippen LogP contribution in [0.25, 0.3) is 10.9 Å². The zero-order valence-electron chi connectivity index (χ0n) is 15.2. The first-order valence-electron chi connectivity index (χ1n) is 8.90. The number of nitrogens with one attached hydrogen (secondary N) is 3. The van der Waals surface area contributed by atoms with E-state index in [4.69, 9.17) is 4.74 Å². The van der Waals surface area contributed by atoms with Crippen molar-refractivity contribution in [2.75, 3.05) is 26.7 Å². The Morgan fingerprint density at radius 1 is 1.15 bits per heavy atom. The van der Waals surface area contributed by atoms with Crippen LogP contribution in [0.15, 0.2) is 54.7 Å². The summed E-state index contributed by atoms with van der Waals surface area (Å²) in [7, 11) is 1.66. The second-order valence-electron chi connectivity index (χ2n) is 6.20. The Bertz CT molecular complexity index is 855. The van der Waals surface area contributed by atoms with Crippen LogP contribution in [0, 0.1) is 0 Å². The van der Waals surface area contributed by atoms with Gasteiger partial charge in [-0.1, -0.05) is 37.3 Å². The van der Waals surface area contributed by atoms with Gasteiger partial charge in [-0.15, -0.1) is 0 Å². The van der Waals surface area contributed by atoms with E-state index in [0.29, 0.717) is 13.1 Å². The minimum atomic E-state index is 0.00482. The highest BCUT2D eigenvalue weighted by molar-refractivity contribution is 5.84. The summed E-state index contributed by atoms with van der Waals surface area (Å²) in [5, 5.41) is 7.28. The summed E-state index contributed by atoms with van der Waals surface area (Å²) >= 11 is 0. The average Bonchev–Trinajstić information content (AvgIpc) is 3.11. The van der Waals surface area contributed by atoms with Crippen LogP contribution in [0.1, 0.15) is 24.0 Å². The number of likely N-dealkylation sites (N-methyl/N-ethyl adjacent to an activating group) is 1. The number of amides is 1. The van der Waals surface area contributed by atoms with Gasteiger partial charge in [-0.05, 0) is 35.9 Å². The smallest absolute Gasteiger partial charge is 0.233 e. The number of carbonyl (C=O) groups excluding carboxylic acids is 1. The van der Waals surface area contributed by atoms with E-state index in [2.05, 4.69) is 39.9 Å². The maximum Gasteiger partial charge on any atom is 0.233 e. The quantitative estimate of drug-likeness (QED) is 0.584. The Morgan fingerprint density at radius 2 is 1.92 bits per heavy atom. The van der Waals surface area contributed by atoms with Crippen LogP contribution in [0.3, 0.4) is 0 Å². The Hall–Kier alpha value is -2.79. The number of carbonyl (C=O) groups is 1. The molecule has 0 radical (unpaired) electrons. The fourth-order valence-electron chi connectivity index (χ4n) is 3.14. The number of ether oxygens (including phenoxy) is 1. The fourth-order valence-corrected chi connectivity index (χ4v) is 3.14. The number of hydrogen-bond donors (Lipinski definition) is 3. The van der Waals surface area contributed by atoms with E-state index in [9.17, 15) is 4.79 Å². The fraction of sp³-hybridized carbons (Fsp3) is 0.286. The van der Waals surface area contributed by atoms with E-state index in [1.807, 2.05) is 37.4 Å². The summed E-state index contributed by atoms with van der Waals surface area (Å²) in [5.41, 5.74) is 3.41. The van der Waals surface area contributed by atoms with Gasteiger partial charge in [0.1, 0.15) is 5.75 Å². The largest absolute Gasteiger partial charge is 0.497 e. The van der Waals surface area contributed by atoms with Crippen molar-refractivity contribution in [2.45, 2.75) is 12.8 Å². The van der Waals surface area contributed by atoms with Gasteiger partial charge in [-0.3, -0.25) is 4.79 Å². The van der Waals surface area contributed by atoms with Crippen molar-refractivity contribution in [1.82, 2.24) is 15.6 Å². The molecule has 3 rings (SSSR count). The molecule has 26 heavy (non-hydrogen) atoms. The van der Waals surface area contributed by atoms with Gasteiger partial charge >= 0.3 is 0 Å². The van der Waals surface area contributed by atoms with Crippen LogP contribution in [0.5, 0.6) is 5.75 Å². The van der Waals surface area contributed by atoms with Crippen LogP contribution >= 0.6 is 0 Å². The first-order valence-corrected chi connectivity index (χ1v) is 8.90. The number of aromatic amines is 1. The number of benzene rings is 2. The third kappa shape index (κ3) is 4.06. The molecular weight excluding hydrogens is 326 g/mol. The zero-order valence-corrected chi connectivity index (χ0v) is 15.2. The molecule has 0 aliphatic rings. The van der Waals surface area contributed by atoms with Crippen LogP contribution in [0.2, 0.25) is 0 Å². The molecule has 0 saturated heterocycles. The molecule has 5 nitrogen and oxygen atoms in total. The predicted octanol–water partition coefficient (Wildman–Crippen LogP) is 3.03. The molecule has 5 heteroatoms. The topological polar surface area (TPSA) is 66.2 Å². The number of rotatable bonds is 8. The summed E-state index contributed by atoms with van der Waals surface area (Å²) in [5.74, 6) is 0.885. The Kier molecular flexibility index (Phi) is 5.92. The lowest BCUT2D eigenvalue weighted by atomic mass is 9.91. The highest BCUT2D eigenvalue weighted by atomic mass is 16.5. The minimum absolute atomic E-state index is 0.00482. The monoisotopic (exact) mass is 351 g/mol. The van der Waals surface area contributed by atoms with E-state index in [0.717, 1.165) is 23.4 Å². The number of hydrogen-bond acceptors (Lipinski definition) is 3. The molecule has 3 aromatic rings. The standard InChI is InChI=1S/C21H25N3O2/c1-3-22-14-21(25)24-12-18(15-8-10-16(26-2)11-9-15)19-13-23-20-7-5-4-6-17(19)20/h4-11,13,18,22-23H,3,12,14H2,1-2H3,(H,24,25). The molecular formula is C21H25N3O2. The van der Waals surface area contributed by atoms with Gasteiger partial charge in [0, 0.05) is 29.6 Å². The molecule has 1 heterocycles. The lowest BCUT2D eigenvalue weighted by molar-refractivity contribution is -0.120. The van der Waals surface area contributed by atoms with E-state index in [1.165, 1.54) is 10.9 Å². The number of aromatic nitrogens is 1. The van der Waals surface area contributed by atoms with Crippen LogP contribution < -0.4 is 15.4 Å². The van der Waals surface area contributed by atoms with Crippen LogP contribution in [-0.4, -0.2) is 37.6 Å². The third-order valence-electron chi connectivity index (χ3n) is 4.55. The van der Waals surface area contributed by atoms with E-state index in [-0.39, 0.29) is 11.8 Å². The molecule has 1 atom stereocenters. The maximum absolute atomic E-state index is 12.1. The zero-order chi connectivity index (χ0) is 18.4. The summed E-state index contributed by atoms with van der Waals surface area (Å²) in [6.45, 7) is 3.63. The number of methoxy groups -OCH3 is 1. The molecule has 0 fully saturated rings. The molecule has 0 saturated carbocycles. The number of fused-ring (bicyclic) bond motifs is 1. The maximum atomic E-state index is 12.1. The van der Waals surface area contributed by atoms with E-state index >= 15 is 0 Å². The van der Waals surface area contributed by atoms with E-state index in [1.54, 1.807) is 7.11 Å². The first kappa shape index (κ1) is 18.0. The summed E-state index contributed by atoms with van der Waals surface area (Å²) in [4.78, 5) is 15.4. The minimum Gasteiger partial charge on any atom is -0.497 e. The van der Waals surface area contributed by atoms with Crippen LogP contribution in [-0.2, 0) is 4.79 Å². The number of H-pyrrole nitrogens is 1. The molecule has 0 aliphatic heterocycles. The lowest BCUT2D eigenvalue weighted by Gasteiger charge is -2.19. The molecule has 2 aromatic carbocycles. The molecule has 0 aliphatic carbocycles. The highest BCUT2D eigenvalue weighted by Gasteiger charge is 2.19. The normalized spacial score (nSPS) is 12.1. The van der Waals surface area contributed by atoms with Crippen molar-refractivity contribution in [1.29, 1.82) is 0 Å². The summed E-state index contributed by atoms with van der Waals surface area (Å²) in [6, 6.07) is 16.3. The first-order chi connectivity index (χ1) is 12.7. The predicted molar refractivity (Wildman–Crippen MR) is 105 cm³/mol. The lowest BCUT2D eigenvalue weighted by Crippen LogP contribution is -2.36. The Morgan fingerprint density at radius 3 is 2.65 bits per heavy atom. The van der Waals surface area contributed by atoms with Crippen molar-refractivity contribution in [2.24, 2.45) is 0 Å². The molecule has 1 amide bonds. The van der Waals surface area contributed by atoms with Gasteiger partial charge in [0.25, 0.3) is 0 Å². The van der Waals surface area contributed by atoms with Crippen molar-refractivity contribution < 1.29 is 9.53 Å². The SMILES string of the molecule is CCNCC(=O)NCC(c1ccc(OC)cc1)c1c[nH]c2ccccc12. The molecule has 0 spiro atoms. The van der Waals surface area contributed by atoms with Crippen molar-refractivity contribution in [3.05, 3.63) is 65.9 Å². The average molecular weight is 351 g/mol.